The molecule has 0 radical (unpaired) electrons. The first-order chi connectivity index (χ1) is 14.5. The summed E-state index contributed by atoms with van der Waals surface area (Å²) in [5.41, 5.74) is 3.19. The van der Waals surface area contributed by atoms with Crippen molar-refractivity contribution in [3.05, 3.63) is 39.4 Å². The van der Waals surface area contributed by atoms with Crippen molar-refractivity contribution in [3.63, 3.8) is 0 Å². The highest BCUT2D eigenvalue weighted by Gasteiger charge is 2.37. The van der Waals surface area contributed by atoms with Crippen molar-refractivity contribution in [1.29, 1.82) is 0 Å². The molecule has 156 valence electrons. The molecule has 0 spiro atoms. The molecule has 2 atom stereocenters. The van der Waals surface area contributed by atoms with Crippen molar-refractivity contribution in [3.8, 4) is 0 Å². The third-order valence-corrected chi connectivity index (χ3v) is 7.17. The molecule has 4 aliphatic heterocycles. The average Bonchev–Trinajstić information content (AvgIpc) is 3.35. The van der Waals surface area contributed by atoms with Crippen molar-refractivity contribution < 1.29 is 0 Å². The first-order valence-corrected chi connectivity index (χ1v) is 10.9. The maximum Gasteiger partial charge on any atom is 0.278 e. The number of halogens is 1. The van der Waals surface area contributed by atoms with Crippen LogP contribution in [0.2, 0.25) is 5.02 Å². The number of nitrogens with zero attached hydrogens (tertiary/aromatic N) is 6. The molecule has 30 heavy (non-hydrogen) atoms. The van der Waals surface area contributed by atoms with E-state index in [9.17, 15) is 4.79 Å². The van der Waals surface area contributed by atoms with Crippen LogP contribution in [0.5, 0.6) is 0 Å². The van der Waals surface area contributed by atoms with Gasteiger partial charge < -0.3 is 15.1 Å². The summed E-state index contributed by atoms with van der Waals surface area (Å²) < 4.78 is 3.47. The molecule has 1 aromatic carbocycles. The standard InChI is InChI=1S/C21H24ClN7O/c1-26-11-14-15(25-26)5-6-17(18(14)22)28-8-7-16-19(28)20(30)27(2)21(24-16)29-10-12-3-4-13(29)9-23-12/h5-6,11-13,23H,3-4,7-10H2,1-2H3. The van der Waals surface area contributed by atoms with E-state index in [1.54, 1.807) is 9.25 Å². The third kappa shape index (κ3) is 2.53. The summed E-state index contributed by atoms with van der Waals surface area (Å²) in [6, 6.07) is 4.81. The average molecular weight is 426 g/mol. The van der Waals surface area contributed by atoms with Crippen LogP contribution in [0.15, 0.2) is 23.1 Å². The van der Waals surface area contributed by atoms with E-state index in [0.29, 0.717) is 29.3 Å². The smallest absolute Gasteiger partial charge is 0.278 e. The summed E-state index contributed by atoms with van der Waals surface area (Å²) in [5, 5.41) is 9.51. The molecule has 1 N–H and O–H groups in total. The zero-order valence-corrected chi connectivity index (χ0v) is 17.9. The number of anilines is 3. The highest BCUT2D eigenvalue weighted by molar-refractivity contribution is 6.38. The summed E-state index contributed by atoms with van der Waals surface area (Å²) >= 11 is 6.75. The van der Waals surface area contributed by atoms with Crippen LogP contribution in [-0.4, -0.2) is 51.0 Å². The van der Waals surface area contributed by atoms with Crippen LogP contribution in [0, 0.1) is 0 Å². The molecular weight excluding hydrogens is 402 g/mol. The second-order valence-electron chi connectivity index (χ2n) is 8.60. The van der Waals surface area contributed by atoms with Crippen molar-refractivity contribution in [2.75, 3.05) is 29.4 Å². The Morgan fingerprint density at radius 1 is 1.23 bits per heavy atom. The zero-order chi connectivity index (χ0) is 20.6. The molecule has 0 amide bonds. The lowest BCUT2D eigenvalue weighted by molar-refractivity contribution is 0.285. The van der Waals surface area contributed by atoms with Gasteiger partial charge in [0.15, 0.2) is 0 Å². The Balaban J connectivity index is 1.44. The van der Waals surface area contributed by atoms with Gasteiger partial charge in [-0.2, -0.15) is 5.10 Å². The topological polar surface area (TPSA) is 71.2 Å². The number of benzene rings is 1. The number of fused-ring (bicyclic) bond motifs is 5. The molecule has 8 nitrogen and oxygen atoms in total. The Morgan fingerprint density at radius 2 is 2.10 bits per heavy atom. The van der Waals surface area contributed by atoms with Crippen LogP contribution in [0.1, 0.15) is 18.5 Å². The van der Waals surface area contributed by atoms with Gasteiger partial charge in [0.25, 0.3) is 5.56 Å². The number of nitrogens with one attached hydrogen (secondary N) is 1. The monoisotopic (exact) mass is 425 g/mol. The molecular formula is C21H24ClN7O. The lowest BCUT2D eigenvalue weighted by Crippen LogP contribution is -2.62. The lowest BCUT2D eigenvalue weighted by atomic mass is 9.93. The molecule has 7 rings (SSSR count). The van der Waals surface area contributed by atoms with E-state index in [1.165, 1.54) is 6.42 Å². The summed E-state index contributed by atoms with van der Waals surface area (Å²) in [6.45, 7) is 2.57. The van der Waals surface area contributed by atoms with Gasteiger partial charge in [-0.3, -0.25) is 14.0 Å². The van der Waals surface area contributed by atoms with Gasteiger partial charge in [-0.25, -0.2) is 4.98 Å². The van der Waals surface area contributed by atoms with E-state index in [2.05, 4.69) is 15.3 Å². The Hall–Kier alpha value is -2.58. The second kappa shape index (κ2) is 6.46. The van der Waals surface area contributed by atoms with Crippen molar-refractivity contribution in [2.45, 2.75) is 31.3 Å². The van der Waals surface area contributed by atoms with E-state index < -0.39 is 0 Å². The zero-order valence-electron chi connectivity index (χ0n) is 17.1. The van der Waals surface area contributed by atoms with Crippen LogP contribution < -0.4 is 20.7 Å². The van der Waals surface area contributed by atoms with Crippen LogP contribution in [-0.2, 0) is 20.5 Å². The molecule has 3 aromatic rings. The predicted octanol–water partition coefficient (Wildman–Crippen LogP) is 1.96. The molecule has 2 bridgehead atoms. The fourth-order valence-electron chi connectivity index (χ4n) is 5.22. The molecule has 4 aliphatic rings. The SMILES string of the molecule is Cn1cc2c(Cl)c(N3CCc4nc(N5CC6CCC5CN6)n(C)c(=O)c43)ccc2n1. The molecule has 0 aliphatic carbocycles. The van der Waals surface area contributed by atoms with Crippen molar-refractivity contribution in [2.24, 2.45) is 14.1 Å². The van der Waals surface area contributed by atoms with Crippen LogP contribution in [0.25, 0.3) is 10.9 Å². The minimum Gasteiger partial charge on any atom is -0.336 e. The minimum absolute atomic E-state index is 0.00995. The van der Waals surface area contributed by atoms with Gasteiger partial charge >= 0.3 is 0 Å². The molecule has 0 saturated carbocycles. The number of hydrogen-bond donors (Lipinski definition) is 1. The Labute approximate surface area is 179 Å². The maximum absolute atomic E-state index is 13.5. The van der Waals surface area contributed by atoms with Gasteiger partial charge in [0.1, 0.15) is 5.69 Å². The first-order valence-electron chi connectivity index (χ1n) is 10.5. The second-order valence-corrected chi connectivity index (χ2v) is 8.97. The minimum atomic E-state index is -0.00995. The summed E-state index contributed by atoms with van der Waals surface area (Å²) in [5.74, 6) is 0.797. The predicted molar refractivity (Wildman–Crippen MR) is 118 cm³/mol. The first kappa shape index (κ1) is 18.2. The molecule has 2 aromatic heterocycles. The van der Waals surface area contributed by atoms with Gasteiger partial charge in [0.2, 0.25) is 5.95 Å². The fourth-order valence-corrected chi connectivity index (χ4v) is 5.53. The number of aromatic nitrogens is 4. The number of piperidine rings is 2. The number of hydrogen-bond acceptors (Lipinski definition) is 6. The van der Waals surface area contributed by atoms with Gasteiger partial charge in [-0.15, -0.1) is 0 Å². The quantitative estimate of drug-likeness (QED) is 0.676. The highest BCUT2D eigenvalue weighted by Crippen LogP contribution is 2.39. The Bertz CT molecular complexity index is 1220. The summed E-state index contributed by atoms with van der Waals surface area (Å²) in [7, 11) is 3.72. The van der Waals surface area contributed by atoms with Crippen LogP contribution >= 0.6 is 11.6 Å². The fraction of sp³-hybridized carbons (Fsp3) is 0.476. The van der Waals surface area contributed by atoms with E-state index in [4.69, 9.17) is 16.6 Å². The molecule has 6 heterocycles. The molecule has 9 heteroatoms. The number of rotatable bonds is 2. The lowest BCUT2D eigenvalue weighted by Gasteiger charge is -2.46. The van der Waals surface area contributed by atoms with Crippen molar-refractivity contribution in [1.82, 2.24) is 24.6 Å². The van der Waals surface area contributed by atoms with E-state index >= 15 is 0 Å². The van der Waals surface area contributed by atoms with Gasteiger partial charge in [-0.1, -0.05) is 11.6 Å². The number of piperazine rings is 1. The van der Waals surface area contributed by atoms with Crippen LogP contribution in [0.4, 0.5) is 17.3 Å². The van der Waals surface area contributed by atoms with Crippen molar-refractivity contribution >= 4 is 39.8 Å². The third-order valence-electron chi connectivity index (χ3n) is 6.77. The van der Waals surface area contributed by atoms with E-state index in [-0.39, 0.29) is 5.56 Å². The maximum atomic E-state index is 13.5. The van der Waals surface area contributed by atoms with Gasteiger partial charge in [0, 0.05) is 63.8 Å². The molecule has 2 unspecified atom stereocenters. The van der Waals surface area contributed by atoms with Gasteiger partial charge in [0.05, 0.1) is 21.9 Å². The molecule has 3 fully saturated rings. The Kier molecular flexibility index (Phi) is 3.92. The summed E-state index contributed by atoms with van der Waals surface area (Å²) in [6.07, 6.45) is 5.00. The number of aryl methyl sites for hydroxylation is 1. The van der Waals surface area contributed by atoms with E-state index in [0.717, 1.165) is 54.2 Å². The normalized spacial score (nSPS) is 22.9. The summed E-state index contributed by atoms with van der Waals surface area (Å²) in [4.78, 5) is 22.8. The van der Waals surface area contributed by atoms with E-state index in [1.807, 2.05) is 37.3 Å². The Morgan fingerprint density at radius 3 is 2.83 bits per heavy atom. The highest BCUT2D eigenvalue weighted by atomic mass is 35.5. The van der Waals surface area contributed by atoms with Crippen LogP contribution in [0.3, 0.4) is 0 Å². The molecule has 3 saturated heterocycles. The van der Waals surface area contributed by atoms with Gasteiger partial charge in [-0.05, 0) is 25.0 Å². The largest absolute Gasteiger partial charge is 0.336 e.